The van der Waals surface area contributed by atoms with Gasteiger partial charge in [-0.3, -0.25) is 9.59 Å². The van der Waals surface area contributed by atoms with Crippen LogP contribution in [0.4, 0.5) is 0 Å². The van der Waals surface area contributed by atoms with Crippen molar-refractivity contribution < 1.29 is 29.3 Å². The fraction of sp³-hybridized carbons (Fsp3) is 0.250. The second-order valence-electron chi connectivity index (χ2n) is 9.22. The van der Waals surface area contributed by atoms with Gasteiger partial charge >= 0.3 is 11.9 Å². The molecule has 4 aromatic rings. The van der Waals surface area contributed by atoms with Gasteiger partial charge in [-0.1, -0.05) is 60.7 Å². The van der Waals surface area contributed by atoms with Crippen LogP contribution in [0, 0.1) is 0 Å². The second kappa shape index (κ2) is 14.8. The van der Waals surface area contributed by atoms with E-state index in [-0.39, 0.29) is 13.0 Å². The summed E-state index contributed by atoms with van der Waals surface area (Å²) in [6, 6.07) is 23.5. The summed E-state index contributed by atoms with van der Waals surface area (Å²) in [6.45, 7) is 1.12. The molecule has 0 bridgehead atoms. The van der Waals surface area contributed by atoms with E-state index in [0.29, 0.717) is 25.4 Å². The minimum atomic E-state index is -0.919. The Hall–Kier alpha value is -4.17. The van der Waals surface area contributed by atoms with Gasteiger partial charge in [-0.15, -0.1) is 11.8 Å². The normalized spacial score (nSPS) is 11.2. The first-order chi connectivity index (χ1) is 19.5. The third-order valence-electron chi connectivity index (χ3n) is 6.15. The van der Waals surface area contributed by atoms with Crippen LogP contribution in [-0.2, 0) is 16.1 Å². The summed E-state index contributed by atoms with van der Waals surface area (Å²) < 4.78 is 13.3. The number of benzene rings is 3. The number of para-hydroxylation sites is 2. The van der Waals surface area contributed by atoms with Crippen LogP contribution in [0.2, 0.25) is 0 Å². The predicted octanol–water partition coefficient (Wildman–Crippen LogP) is 7.09. The van der Waals surface area contributed by atoms with E-state index in [2.05, 4.69) is 0 Å². The molecule has 7 nitrogen and oxygen atoms in total. The van der Waals surface area contributed by atoms with E-state index in [1.807, 2.05) is 91.1 Å². The standard InChI is InChI=1S/C32H33NO6S/c34-30(35)12-7-21-40-29-22-33(23-31(36)37)32-25(8-6-11-28(29)32)16-13-24-14-17-27(18-15-24)39-20-5-4-19-38-26-9-2-1-3-10-26/h1-3,6,8-11,13-18,22H,4-5,7,12,19-21,23H2,(H,34,35)(H,36,37)/b16-13+. The first kappa shape index (κ1) is 28.8. The summed E-state index contributed by atoms with van der Waals surface area (Å²) in [4.78, 5) is 23.3. The zero-order valence-electron chi connectivity index (χ0n) is 22.2. The minimum absolute atomic E-state index is 0.113. The molecule has 0 atom stereocenters. The Bertz CT molecular complexity index is 1430. The number of thioether (sulfide) groups is 1. The van der Waals surface area contributed by atoms with E-state index >= 15 is 0 Å². The number of aliphatic carboxylic acids is 2. The maximum Gasteiger partial charge on any atom is 0.323 e. The van der Waals surface area contributed by atoms with Crippen molar-refractivity contribution in [1.82, 2.24) is 4.57 Å². The molecule has 1 heterocycles. The van der Waals surface area contributed by atoms with E-state index < -0.39 is 11.9 Å². The van der Waals surface area contributed by atoms with E-state index in [0.717, 1.165) is 51.3 Å². The van der Waals surface area contributed by atoms with E-state index in [4.69, 9.17) is 14.6 Å². The maximum absolute atomic E-state index is 11.5. The number of hydrogen-bond acceptors (Lipinski definition) is 5. The highest BCUT2D eigenvalue weighted by molar-refractivity contribution is 7.99. The van der Waals surface area contributed by atoms with Crippen molar-refractivity contribution in [3.63, 3.8) is 0 Å². The average Bonchev–Trinajstić information content (AvgIpc) is 3.30. The lowest BCUT2D eigenvalue weighted by atomic mass is 10.1. The minimum Gasteiger partial charge on any atom is -0.494 e. The molecule has 0 radical (unpaired) electrons. The number of nitrogens with zero attached hydrogens (tertiary/aromatic N) is 1. The van der Waals surface area contributed by atoms with E-state index in [9.17, 15) is 14.7 Å². The Morgan fingerprint density at radius 1 is 0.775 bits per heavy atom. The van der Waals surface area contributed by atoms with Crippen LogP contribution in [0.1, 0.15) is 36.8 Å². The molecule has 0 aliphatic carbocycles. The third-order valence-corrected chi connectivity index (χ3v) is 7.28. The van der Waals surface area contributed by atoms with Crippen molar-refractivity contribution in [3.05, 3.63) is 90.1 Å². The fourth-order valence-corrected chi connectivity index (χ4v) is 5.27. The van der Waals surface area contributed by atoms with Crippen molar-refractivity contribution in [1.29, 1.82) is 0 Å². The van der Waals surface area contributed by atoms with Gasteiger partial charge < -0.3 is 24.3 Å². The van der Waals surface area contributed by atoms with Crippen molar-refractivity contribution >= 4 is 46.8 Å². The second-order valence-corrected chi connectivity index (χ2v) is 10.4. The van der Waals surface area contributed by atoms with Crippen molar-refractivity contribution in [2.45, 2.75) is 37.1 Å². The highest BCUT2D eigenvalue weighted by Crippen LogP contribution is 2.33. The highest BCUT2D eigenvalue weighted by Gasteiger charge is 2.14. The Kier molecular flexibility index (Phi) is 10.7. The van der Waals surface area contributed by atoms with Crippen LogP contribution in [-0.4, -0.2) is 45.7 Å². The molecular formula is C32H33NO6S. The molecule has 0 saturated carbocycles. The van der Waals surface area contributed by atoms with Crippen LogP contribution >= 0.6 is 11.8 Å². The van der Waals surface area contributed by atoms with E-state index in [1.54, 1.807) is 16.3 Å². The van der Waals surface area contributed by atoms with Crippen molar-refractivity contribution in [3.8, 4) is 11.5 Å². The number of rotatable bonds is 16. The van der Waals surface area contributed by atoms with Gasteiger partial charge in [-0.2, -0.15) is 0 Å². The van der Waals surface area contributed by atoms with Crippen LogP contribution in [0.15, 0.2) is 83.9 Å². The lowest BCUT2D eigenvalue weighted by Crippen LogP contribution is -2.07. The Balaban J connectivity index is 1.35. The third kappa shape index (κ3) is 8.68. The molecule has 0 unspecified atom stereocenters. The molecule has 3 aromatic carbocycles. The summed E-state index contributed by atoms with van der Waals surface area (Å²) in [5.41, 5.74) is 2.76. The lowest BCUT2D eigenvalue weighted by molar-refractivity contribution is -0.138. The summed E-state index contributed by atoms with van der Waals surface area (Å²) in [5.74, 6) is 0.603. The monoisotopic (exact) mass is 559 g/mol. The number of fused-ring (bicyclic) bond motifs is 1. The number of carbonyl (C=O) groups is 2. The molecule has 4 rings (SSSR count). The Morgan fingerprint density at radius 3 is 2.15 bits per heavy atom. The largest absolute Gasteiger partial charge is 0.494 e. The molecule has 2 N–H and O–H groups in total. The quantitative estimate of drug-likeness (QED) is 0.0859. The molecule has 8 heteroatoms. The number of hydrogen-bond donors (Lipinski definition) is 2. The van der Waals surface area contributed by atoms with Gasteiger partial charge in [-0.25, -0.2) is 0 Å². The highest BCUT2D eigenvalue weighted by atomic mass is 32.2. The predicted molar refractivity (Wildman–Crippen MR) is 159 cm³/mol. The first-order valence-electron chi connectivity index (χ1n) is 13.3. The van der Waals surface area contributed by atoms with Gasteiger partial charge in [0.1, 0.15) is 18.0 Å². The van der Waals surface area contributed by atoms with Crippen LogP contribution < -0.4 is 9.47 Å². The number of unbranched alkanes of at least 4 members (excludes halogenated alkanes) is 1. The molecule has 208 valence electrons. The van der Waals surface area contributed by atoms with Gasteiger partial charge in [0, 0.05) is 22.9 Å². The lowest BCUT2D eigenvalue weighted by Gasteiger charge is -2.08. The van der Waals surface area contributed by atoms with Crippen LogP contribution in [0.3, 0.4) is 0 Å². The number of carboxylic acid groups (broad SMARTS) is 2. The summed E-state index contributed by atoms with van der Waals surface area (Å²) in [5, 5.41) is 19.3. The summed E-state index contributed by atoms with van der Waals surface area (Å²) in [7, 11) is 0. The molecule has 0 spiro atoms. The van der Waals surface area contributed by atoms with Gasteiger partial charge in [0.2, 0.25) is 0 Å². The SMILES string of the molecule is O=C(O)CCCSc1cn(CC(=O)O)c2c(/C=C/c3ccc(OCCCCOc4ccccc4)cc3)cccc12. The van der Waals surface area contributed by atoms with Gasteiger partial charge in [0.15, 0.2) is 0 Å². The first-order valence-corrected chi connectivity index (χ1v) is 14.3. The summed E-state index contributed by atoms with van der Waals surface area (Å²) >= 11 is 1.55. The van der Waals surface area contributed by atoms with Gasteiger partial charge in [0.25, 0.3) is 0 Å². The molecule has 0 aliphatic rings. The van der Waals surface area contributed by atoms with Crippen LogP contribution in [0.25, 0.3) is 23.1 Å². The summed E-state index contributed by atoms with van der Waals surface area (Å²) in [6.07, 6.45) is 8.30. The zero-order valence-corrected chi connectivity index (χ0v) is 23.0. The zero-order chi connectivity index (χ0) is 28.2. The molecule has 0 saturated heterocycles. The maximum atomic E-state index is 11.5. The number of ether oxygens (including phenoxy) is 2. The van der Waals surface area contributed by atoms with Gasteiger partial charge in [0.05, 0.1) is 18.7 Å². The van der Waals surface area contributed by atoms with Gasteiger partial charge in [-0.05, 0) is 60.4 Å². The molecule has 0 amide bonds. The number of aromatic nitrogens is 1. The molecular weight excluding hydrogens is 526 g/mol. The van der Waals surface area contributed by atoms with Crippen molar-refractivity contribution in [2.75, 3.05) is 19.0 Å². The molecule has 0 aliphatic heterocycles. The Labute approximate surface area is 238 Å². The van der Waals surface area contributed by atoms with Crippen molar-refractivity contribution in [2.24, 2.45) is 0 Å². The smallest absolute Gasteiger partial charge is 0.323 e. The average molecular weight is 560 g/mol. The Morgan fingerprint density at radius 2 is 1.48 bits per heavy atom. The molecule has 40 heavy (non-hydrogen) atoms. The molecule has 1 aromatic heterocycles. The van der Waals surface area contributed by atoms with Crippen LogP contribution in [0.5, 0.6) is 11.5 Å². The topological polar surface area (TPSA) is 98.0 Å². The fourth-order valence-electron chi connectivity index (χ4n) is 4.24. The molecule has 0 fully saturated rings. The number of carboxylic acids is 2. The van der Waals surface area contributed by atoms with E-state index in [1.165, 1.54) is 0 Å².